The van der Waals surface area contributed by atoms with Crippen LogP contribution in [0.15, 0.2) is 29.3 Å². The summed E-state index contributed by atoms with van der Waals surface area (Å²) in [6.45, 7) is 4.72. The smallest absolute Gasteiger partial charge is 0.191 e. The molecule has 1 aromatic carbocycles. The quantitative estimate of drug-likeness (QED) is 0.363. The topological polar surface area (TPSA) is 58.1 Å². The number of rotatable bonds is 10. The zero-order valence-electron chi connectivity index (χ0n) is 17.4. The SMILES string of the molecule is CN=C(NCCCOCC1CCOCC1)NCC(c1cccc(F)c1)N(C)C. The van der Waals surface area contributed by atoms with E-state index in [2.05, 4.69) is 20.5 Å². The van der Waals surface area contributed by atoms with Crippen molar-refractivity contribution in [2.45, 2.75) is 25.3 Å². The molecular formula is C21H35FN4O2. The fourth-order valence-corrected chi connectivity index (χ4v) is 3.27. The molecule has 0 aliphatic carbocycles. The first-order valence-corrected chi connectivity index (χ1v) is 10.1. The van der Waals surface area contributed by atoms with E-state index < -0.39 is 0 Å². The van der Waals surface area contributed by atoms with Gasteiger partial charge in [-0.3, -0.25) is 4.99 Å². The number of aliphatic imine (C=N–C) groups is 1. The monoisotopic (exact) mass is 394 g/mol. The van der Waals surface area contributed by atoms with E-state index >= 15 is 0 Å². The lowest BCUT2D eigenvalue weighted by molar-refractivity contribution is 0.0203. The van der Waals surface area contributed by atoms with Gasteiger partial charge in [0.1, 0.15) is 5.82 Å². The molecule has 0 spiro atoms. The molecular weight excluding hydrogens is 359 g/mol. The molecule has 1 aliphatic heterocycles. The van der Waals surface area contributed by atoms with Gasteiger partial charge in [0.25, 0.3) is 0 Å². The minimum absolute atomic E-state index is 0.0528. The number of hydrogen-bond acceptors (Lipinski definition) is 4. The van der Waals surface area contributed by atoms with Gasteiger partial charge in [-0.05, 0) is 57.0 Å². The maximum Gasteiger partial charge on any atom is 0.191 e. The molecule has 1 fully saturated rings. The van der Waals surface area contributed by atoms with Crippen LogP contribution in [0.5, 0.6) is 0 Å². The Morgan fingerprint density at radius 1 is 1.32 bits per heavy atom. The summed E-state index contributed by atoms with van der Waals surface area (Å²) in [5.41, 5.74) is 0.939. The van der Waals surface area contributed by atoms with Crippen molar-refractivity contribution >= 4 is 5.96 Å². The third-order valence-electron chi connectivity index (χ3n) is 5.00. The van der Waals surface area contributed by atoms with Gasteiger partial charge < -0.3 is 25.0 Å². The van der Waals surface area contributed by atoms with E-state index in [1.54, 1.807) is 19.2 Å². The third kappa shape index (κ3) is 8.12. The molecule has 0 radical (unpaired) electrons. The first kappa shape index (κ1) is 22.6. The molecule has 0 bridgehead atoms. The lowest BCUT2D eigenvalue weighted by Crippen LogP contribution is -2.42. The molecule has 1 aliphatic rings. The molecule has 1 saturated heterocycles. The summed E-state index contributed by atoms with van der Waals surface area (Å²) in [7, 11) is 5.73. The Balaban J connectivity index is 1.65. The van der Waals surface area contributed by atoms with Crippen LogP contribution in [0.2, 0.25) is 0 Å². The summed E-state index contributed by atoms with van der Waals surface area (Å²) in [6.07, 6.45) is 3.13. The number of likely N-dealkylation sites (N-methyl/N-ethyl adjacent to an activating group) is 1. The van der Waals surface area contributed by atoms with Crippen LogP contribution in [-0.4, -0.2) is 71.5 Å². The molecule has 0 aromatic heterocycles. The molecule has 1 heterocycles. The summed E-state index contributed by atoms with van der Waals surface area (Å²) in [5.74, 6) is 1.17. The van der Waals surface area contributed by atoms with Crippen LogP contribution in [0, 0.1) is 11.7 Å². The Kier molecular flexibility index (Phi) is 10.2. The molecule has 2 rings (SSSR count). The number of nitrogens with zero attached hydrogens (tertiary/aromatic N) is 2. The van der Waals surface area contributed by atoms with Crippen molar-refractivity contribution in [3.8, 4) is 0 Å². The Morgan fingerprint density at radius 3 is 2.79 bits per heavy atom. The number of guanidine groups is 1. The summed E-state index contributed by atoms with van der Waals surface area (Å²) >= 11 is 0. The standard InChI is InChI=1S/C21H35FN4O2/c1-23-21(24-10-5-11-28-16-17-8-12-27-13-9-17)25-15-20(26(2)3)18-6-4-7-19(22)14-18/h4,6-7,14,17,20H,5,8-13,15-16H2,1-3H3,(H2,23,24,25). The number of benzene rings is 1. The van der Waals surface area contributed by atoms with Crippen molar-refractivity contribution in [2.75, 3.05) is 60.7 Å². The minimum atomic E-state index is -0.215. The molecule has 6 nitrogen and oxygen atoms in total. The summed E-state index contributed by atoms with van der Waals surface area (Å²) in [5, 5.41) is 6.64. The van der Waals surface area contributed by atoms with Crippen LogP contribution in [0.4, 0.5) is 4.39 Å². The van der Waals surface area contributed by atoms with E-state index in [0.29, 0.717) is 12.5 Å². The van der Waals surface area contributed by atoms with Crippen LogP contribution < -0.4 is 10.6 Å². The van der Waals surface area contributed by atoms with Gasteiger partial charge >= 0.3 is 0 Å². The van der Waals surface area contributed by atoms with E-state index in [0.717, 1.165) is 63.8 Å². The number of ether oxygens (including phenoxy) is 2. The van der Waals surface area contributed by atoms with Crippen molar-refractivity contribution in [1.82, 2.24) is 15.5 Å². The third-order valence-corrected chi connectivity index (χ3v) is 5.00. The second-order valence-electron chi connectivity index (χ2n) is 7.40. The Labute approximate surface area is 168 Å². The largest absolute Gasteiger partial charge is 0.381 e. The normalized spacial score (nSPS) is 17.0. The molecule has 0 amide bonds. The van der Waals surface area contributed by atoms with Gasteiger partial charge in [-0.1, -0.05) is 12.1 Å². The van der Waals surface area contributed by atoms with Crippen molar-refractivity contribution in [2.24, 2.45) is 10.9 Å². The Morgan fingerprint density at radius 2 is 2.11 bits per heavy atom. The average molecular weight is 395 g/mol. The Hall–Kier alpha value is -1.70. The van der Waals surface area contributed by atoms with Gasteiger partial charge in [-0.25, -0.2) is 4.39 Å². The maximum absolute atomic E-state index is 13.6. The highest BCUT2D eigenvalue weighted by Crippen LogP contribution is 2.18. The molecule has 7 heteroatoms. The highest BCUT2D eigenvalue weighted by Gasteiger charge is 2.15. The van der Waals surface area contributed by atoms with Gasteiger partial charge in [-0.15, -0.1) is 0 Å². The molecule has 1 unspecified atom stereocenters. The first-order valence-electron chi connectivity index (χ1n) is 10.1. The lowest BCUT2D eigenvalue weighted by atomic mass is 10.0. The maximum atomic E-state index is 13.6. The highest BCUT2D eigenvalue weighted by atomic mass is 19.1. The number of nitrogens with one attached hydrogen (secondary N) is 2. The second kappa shape index (κ2) is 12.7. The minimum Gasteiger partial charge on any atom is -0.381 e. The lowest BCUT2D eigenvalue weighted by Gasteiger charge is -2.26. The van der Waals surface area contributed by atoms with Crippen LogP contribution in [0.3, 0.4) is 0 Å². The molecule has 28 heavy (non-hydrogen) atoms. The Bertz CT molecular complexity index is 592. The fraction of sp³-hybridized carbons (Fsp3) is 0.667. The summed E-state index contributed by atoms with van der Waals surface area (Å²) in [6, 6.07) is 6.79. The van der Waals surface area contributed by atoms with Crippen LogP contribution in [-0.2, 0) is 9.47 Å². The molecule has 2 N–H and O–H groups in total. The highest BCUT2D eigenvalue weighted by molar-refractivity contribution is 5.79. The van der Waals surface area contributed by atoms with E-state index in [4.69, 9.17) is 9.47 Å². The summed E-state index contributed by atoms with van der Waals surface area (Å²) in [4.78, 5) is 6.34. The van der Waals surface area contributed by atoms with Crippen molar-refractivity contribution < 1.29 is 13.9 Å². The van der Waals surface area contributed by atoms with Crippen molar-refractivity contribution in [3.63, 3.8) is 0 Å². The molecule has 0 saturated carbocycles. The van der Waals surface area contributed by atoms with E-state index in [-0.39, 0.29) is 11.9 Å². The summed E-state index contributed by atoms with van der Waals surface area (Å²) < 4.78 is 24.7. The van der Waals surface area contributed by atoms with Gasteiger partial charge in [0.15, 0.2) is 5.96 Å². The zero-order valence-corrected chi connectivity index (χ0v) is 17.4. The van der Waals surface area contributed by atoms with Gasteiger partial charge in [0.05, 0.1) is 6.04 Å². The molecule has 1 atom stereocenters. The second-order valence-corrected chi connectivity index (χ2v) is 7.40. The zero-order chi connectivity index (χ0) is 20.2. The van der Waals surface area contributed by atoms with E-state index in [1.807, 2.05) is 20.2 Å². The number of hydrogen-bond donors (Lipinski definition) is 2. The van der Waals surface area contributed by atoms with Gasteiger partial charge in [0, 0.05) is 46.6 Å². The van der Waals surface area contributed by atoms with Crippen LogP contribution >= 0.6 is 0 Å². The predicted octanol–water partition coefficient (Wildman–Crippen LogP) is 2.43. The van der Waals surface area contributed by atoms with E-state index in [9.17, 15) is 4.39 Å². The van der Waals surface area contributed by atoms with Gasteiger partial charge in [0.2, 0.25) is 0 Å². The first-order chi connectivity index (χ1) is 13.6. The molecule has 158 valence electrons. The van der Waals surface area contributed by atoms with Crippen LogP contribution in [0.25, 0.3) is 0 Å². The van der Waals surface area contributed by atoms with Crippen LogP contribution in [0.1, 0.15) is 30.9 Å². The van der Waals surface area contributed by atoms with Crippen molar-refractivity contribution in [1.29, 1.82) is 0 Å². The fourth-order valence-electron chi connectivity index (χ4n) is 3.27. The average Bonchev–Trinajstić information content (AvgIpc) is 2.69. The predicted molar refractivity (Wildman–Crippen MR) is 111 cm³/mol. The molecule has 1 aromatic rings. The van der Waals surface area contributed by atoms with E-state index in [1.165, 1.54) is 6.07 Å². The number of halogens is 1. The van der Waals surface area contributed by atoms with Crippen molar-refractivity contribution in [3.05, 3.63) is 35.6 Å². The van der Waals surface area contributed by atoms with Gasteiger partial charge in [-0.2, -0.15) is 0 Å².